The first-order chi connectivity index (χ1) is 26.9. The van der Waals surface area contributed by atoms with Crippen LogP contribution in [-0.2, 0) is 27.4 Å². The average Bonchev–Trinajstić information content (AvgIpc) is 3.92. The van der Waals surface area contributed by atoms with Gasteiger partial charge in [-0.25, -0.2) is 9.78 Å². The number of aliphatic imine (C=N–C) groups is 1. The Kier molecular flexibility index (Phi) is 10.3. The number of aryl methyl sites for hydroxylation is 1. The van der Waals surface area contributed by atoms with Crippen LogP contribution in [0.3, 0.4) is 0 Å². The van der Waals surface area contributed by atoms with Gasteiger partial charge in [-0.15, -0.1) is 0 Å². The number of nitrogens with one attached hydrogen (secondary N) is 1. The van der Waals surface area contributed by atoms with Crippen molar-refractivity contribution < 1.29 is 54.4 Å². The predicted molar refractivity (Wildman–Crippen MR) is 202 cm³/mol. The van der Waals surface area contributed by atoms with E-state index in [2.05, 4.69) is 10.3 Å². The SMILES string of the molecule is Cc1cc(=O)c2cc3c(c(N4C=C5N=CC=C5C4)c2o1)OC1(CCCC(C2CNC(=O)C2)C1)C(OOCC(O)(Cc1ccc(O)cc1)C(O)C(O)C(O)CO)C3. The van der Waals surface area contributed by atoms with E-state index < -0.39 is 48.8 Å². The van der Waals surface area contributed by atoms with Crippen molar-refractivity contribution in [3.8, 4) is 11.5 Å². The van der Waals surface area contributed by atoms with Crippen molar-refractivity contribution in [3.63, 3.8) is 0 Å². The van der Waals surface area contributed by atoms with Crippen molar-refractivity contribution in [1.82, 2.24) is 5.32 Å². The Balaban J connectivity index is 1.16. The molecule has 7 N–H and O–H groups in total. The highest BCUT2D eigenvalue weighted by Crippen LogP contribution is 2.52. The highest BCUT2D eigenvalue weighted by atomic mass is 17.2. The zero-order chi connectivity index (χ0) is 39.4. The Morgan fingerprint density at radius 1 is 1.12 bits per heavy atom. The molecule has 4 aliphatic heterocycles. The first kappa shape index (κ1) is 38.3. The molecule has 3 aromatic rings. The molecule has 15 heteroatoms. The molecule has 56 heavy (non-hydrogen) atoms. The highest BCUT2D eigenvalue weighted by molar-refractivity contribution is 5.96. The quantitative estimate of drug-likeness (QED) is 0.103. The lowest BCUT2D eigenvalue weighted by atomic mass is 9.68. The molecule has 8 rings (SSSR count). The van der Waals surface area contributed by atoms with Crippen molar-refractivity contribution in [2.75, 3.05) is 31.2 Å². The van der Waals surface area contributed by atoms with Crippen LogP contribution in [0.1, 0.15) is 49.0 Å². The molecule has 1 spiro atoms. The minimum absolute atomic E-state index is 0.00405. The maximum atomic E-state index is 13.5. The number of fused-ring (bicyclic) bond motifs is 3. The normalized spacial score (nSPS) is 26.9. The Morgan fingerprint density at radius 2 is 1.93 bits per heavy atom. The molecule has 1 saturated carbocycles. The van der Waals surface area contributed by atoms with Gasteiger partial charge >= 0.3 is 0 Å². The smallest absolute Gasteiger partial charge is 0.220 e. The van der Waals surface area contributed by atoms with Crippen LogP contribution >= 0.6 is 0 Å². The lowest BCUT2D eigenvalue weighted by Crippen LogP contribution is -2.58. The van der Waals surface area contributed by atoms with E-state index in [-0.39, 0.29) is 41.8 Å². The van der Waals surface area contributed by atoms with Crippen LogP contribution < -0.4 is 20.4 Å². The molecule has 15 nitrogen and oxygen atoms in total. The van der Waals surface area contributed by atoms with Crippen molar-refractivity contribution in [2.45, 2.75) is 87.5 Å². The predicted octanol–water partition coefficient (Wildman–Crippen LogP) is 1.84. The minimum Gasteiger partial charge on any atom is -0.508 e. The molecule has 8 unspecified atom stereocenters. The van der Waals surface area contributed by atoms with Gasteiger partial charge in [-0.05, 0) is 74.3 Å². The monoisotopic (exact) mass is 773 g/mol. The molecule has 298 valence electrons. The lowest BCUT2D eigenvalue weighted by Gasteiger charge is -2.49. The number of aliphatic hydroxyl groups excluding tert-OH is 4. The number of carbonyl (C=O) groups is 1. The van der Waals surface area contributed by atoms with Gasteiger partial charge < -0.3 is 50.0 Å². The second-order valence-electron chi connectivity index (χ2n) is 15.9. The van der Waals surface area contributed by atoms with E-state index in [9.17, 15) is 40.2 Å². The summed E-state index contributed by atoms with van der Waals surface area (Å²) in [4.78, 5) is 44.4. The number of ether oxygens (including phenoxy) is 1. The number of phenolic OH excluding ortho intramolecular Hbond substituents is 1. The number of anilines is 1. The van der Waals surface area contributed by atoms with Gasteiger partial charge in [0, 0.05) is 55.4 Å². The van der Waals surface area contributed by atoms with Crippen LogP contribution in [0, 0.1) is 18.8 Å². The fourth-order valence-corrected chi connectivity index (χ4v) is 9.00. The van der Waals surface area contributed by atoms with Crippen LogP contribution in [0.25, 0.3) is 11.0 Å². The van der Waals surface area contributed by atoms with Crippen LogP contribution in [0.2, 0.25) is 0 Å². The highest BCUT2D eigenvalue weighted by Gasteiger charge is 2.53. The summed E-state index contributed by atoms with van der Waals surface area (Å²) in [6, 6.07) is 9.06. The van der Waals surface area contributed by atoms with Crippen molar-refractivity contribution in [2.24, 2.45) is 16.8 Å². The number of hydrogen-bond acceptors (Lipinski definition) is 14. The van der Waals surface area contributed by atoms with Crippen LogP contribution in [0.5, 0.6) is 11.5 Å². The molecule has 2 fully saturated rings. The van der Waals surface area contributed by atoms with Crippen LogP contribution in [0.15, 0.2) is 74.1 Å². The van der Waals surface area contributed by atoms with Gasteiger partial charge in [-0.3, -0.25) is 14.6 Å². The molecule has 0 bridgehead atoms. The Hall–Kier alpha value is -4.61. The van der Waals surface area contributed by atoms with Crippen LogP contribution in [0.4, 0.5) is 5.69 Å². The number of allylic oxidation sites excluding steroid dienone is 1. The number of amides is 1. The van der Waals surface area contributed by atoms with Gasteiger partial charge in [0.25, 0.3) is 0 Å². The molecule has 5 aliphatic rings. The molecular weight excluding hydrogens is 726 g/mol. The first-order valence-corrected chi connectivity index (χ1v) is 19.1. The van der Waals surface area contributed by atoms with Gasteiger partial charge in [-0.1, -0.05) is 12.1 Å². The maximum absolute atomic E-state index is 13.5. The average molecular weight is 774 g/mol. The molecular formula is C41H47N3O12. The Bertz CT molecular complexity index is 2150. The van der Waals surface area contributed by atoms with Gasteiger partial charge in [0.2, 0.25) is 5.91 Å². The number of benzene rings is 2. The lowest BCUT2D eigenvalue weighted by molar-refractivity contribution is -0.374. The molecule has 1 aliphatic carbocycles. The number of aliphatic hydroxyl groups is 5. The molecule has 1 saturated heterocycles. The number of phenols is 1. The van der Waals surface area contributed by atoms with Gasteiger partial charge in [0.05, 0.1) is 24.2 Å². The third kappa shape index (κ3) is 7.13. The second kappa shape index (κ2) is 15.0. The largest absolute Gasteiger partial charge is 0.508 e. The topological polar surface area (TPSA) is 224 Å². The fraction of sp³-hybridized carbons (Fsp3) is 0.488. The summed E-state index contributed by atoms with van der Waals surface area (Å²) in [6.07, 6.45) is 2.10. The zero-order valence-corrected chi connectivity index (χ0v) is 31.0. The molecule has 2 aromatic carbocycles. The van der Waals surface area contributed by atoms with E-state index in [1.807, 2.05) is 17.2 Å². The summed E-state index contributed by atoms with van der Waals surface area (Å²) >= 11 is 0. The summed E-state index contributed by atoms with van der Waals surface area (Å²) < 4.78 is 13.5. The molecule has 0 radical (unpaired) electrons. The number of rotatable bonds is 12. The minimum atomic E-state index is -2.25. The van der Waals surface area contributed by atoms with Gasteiger partial charge in [-0.2, -0.15) is 0 Å². The standard InChI is InChI=1S/C41H47N3O12/c1-22-11-31(47)29-12-26-13-33(56-53-21-40(52,39(51)36(50)32(48)20-45)15-23-4-6-28(46)7-5-23)41(9-2-3-24(16-41)27-14-34(49)43-17-27)55-37(26)35(38(29)54-22)44-18-25-8-10-42-30(25)19-44/h4-8,10-12,19,24,27,32-33,36,39,45-46,48,50-52H,2-3,9,13-18,20-21H2,1H3,(H,43,49). The zero-order valence-electron chi connectivity index (χ0n) is 31.0. The molecule has 8 atom stereocenters. The summed E-state index contributed by atoms with van der Waals surface area (Å²) in [5, 5.41) is 66.6. The number of hydrogen-bond donors (Lipinski definition) is 7. The second-order valence-corrected chi connectivity index (χ2v) is 15.9. The van der Waals surface area contributed by atoms with Gasteiger partial charge in [0.15, 0.2) is 16.8 Å². The number of aromatic hydroxyl groups is 1. The number of carbonyl (C=O) groups excluding carboxylic acids is 1. The van der Waals surface area contributed by atoms with E-state index in [0.717, 1.165) is 24.1 Å². The van der Waals surface area contributed by atoms with Crippen LogP contribution in [-0.4, -0.2) is 105 Å². The van der Waals surface area contributed by atoms with E-state index in [4.69, 9.17) is 18.9 Å². The summed E-state index contributed by atoms with van der Waals surface area (Å²) in [6.45, 7) is 1.21. The summed E-state index contributed by atoms with van der Waals surface area (Å²) in [5.74, 6) is 1.15. The summed E-state index contributed by atoms with van der Waals surface area (Å²) in [7, 11) is 0. The van der Waals surface area contributed by atoms with E-state index >= 15 is 0 Å². The van der Waals surface area contributed by atoms with E-state index in [1.165, 1.54) is 30.3 Å². The maximum Gasteiger partial charge on any atom is 0.220 e. The van der Waals surface area contributed by atoms with E-state index in [0.29, 0.717) is 71.6 Å². The fourth-order valence-electron chi connectivity index (χ4n) is 9.00. The Labute approximate surface area is 322 Å². The van der Waals surface area contributed by atoms with Crippen molar-refractivity contribution in [3.05, 3.63) is 87.1 Å². The third-order valence-corrected chi connectivity index (χ3v) is 12.0. The first-order valence-electron chi connectivity index (χ1n) is 19.1. The van der Waals surface area contributed by atoms with E-state index in [1.54, 1.807) is 19.2 Å². The van der Waals surface area contributed by atoms with Crippen molar-refractivity contribution >= 4 is 28.8 Å². The molecule has 1 aromatic heterocycles. The van der Waals surface area contributed by atoms with Gasteiger partial charge in [0.1, 0.15) is 59.4 Å². The number of nitrogens with zero attached hydrogens (tertiary/aromatic N) is 2. The Morgan fingerprint density at radius 3 is 2.66 bits per heavy atom. The summed E-state index contributed by atoms with van der Waals surface area (Å²) in [5.41, 5.74) is 0.451. The molecule has 1 amide bonds. The van der Waals surface area contributed by atoms with Crippen molar-refractivity contribution in [1.29, 1.82) is 0 Å². The third-order valence-electron chi connectivity index (χ3n) is 12.0. The molecule has 5 heterocycles.